The predicted molar refractivity (Wildman–Crippen MR) is 121 cm³/mol. The molecule has 30 heavy (non-hydrogen) atoms. The van der Waals surface area contributed by atoms with Crippen molar-refractivity contribution in [3.05, 3.63) is 95.9 Å². The van der Waals surface area contributed by atoms with Gasteiger partial charge in [0.2, 0.25) is 5.91 Å². The molecule has 0 aliphatic heterocycles. The van der Waals surface area contributed by atoms with Crippen LogP contribution < -0.4 is 10.1 Å². The number of ether oxygens (including phenoxy) is 1. The number of rotatable bonds is 8. The minimum atomic E-state index is -0.0255. The topological polar surface area (TPSA) is 51.2 Å². The minimum Gasteiger partial charge on any atom is -0.493 e. The van der Waals surface area contributed by atoms with Gasteiger partial charge in [-0.3, -0.25) is 4.79 Å². The van der Waals surface area contributed by atoms with Crippen LogP contribution in [0.2, 0.25) is 0 Å². The summed E-state index contributed by atoms with van der Waals surface area (Å²) in [6, 6.07) is 27.8. The second-order valence-corrected chi connectivity index (χ2v) is 7.65. The Bertz CT molecular complexity index is 1080. The van der Waals surface area contributed by atoms with Gasteiger partial charge in [0.05, 0.1) is 18.7 Å². The Kier molecular flexibility index (Phi) is 6.52. The predicted octanol–water partition coefficient (Wildman–Crippen LogP) is 5.56. The van der Waals surface area contributed by atoms with Crippen LogP contribution in [0.25, 0.3) is 21.8 Å². The molecular weight excluding hydrogens is 392 g/mol. The lowest BCUT2D eigenvalue weighted by Gasteiger charge is -2.08. The van der Waals surface area contributed by atoms with Gasteiger partial charge in [-0.25, -0.2) is 4.98 Å². The van der Waals surface area contributed by atoms with Gasteiger partial charge in [0, 0.05) is 23.1 Å². The van der Waals surface area contributed by atoms with E-state index in [9.17, 15) is 4.79 Å². The summed E-state index contributed by atoms with van der Waals surface area (Å²) in [4.78, 5) is 16.8. The van der Waals surface area contributed by atoms with E-state index in [2.05, 4.69) is 22.8 Å². The number of amides is 1. The standard InChI is InChI=1S/C25H22N2O2S/c28-24(15-16-29-22-9-5-2-6-10-22)26-17-19-11-13-21(14-12-19)25-27-23(18-30-25)20-7-3-1-4-8-20/h1-14,18H,15-17H2,(H,26,28). The second-order valence-electron chi connectivity index (χ2n) is 6.79. The number of thiazole rings is 1. The summed E-state index contributed by atoms with van der Waals surface area (Å²) in [5, 5.41) is 6.01. The first-order valence-corrected chi connectivity index (χ1v) is 10.7. The van der Waals surface area contributed by atoms with Gasteiger partial charge in [0.25, 0.3) is 0 Å². The van der Waals surface area contributed by atoms with Crippen LogP contribution >= 0.6 is 11.3 Å². The molecule has 0 aliphatic carbocycles. The lowest BCUT2D eigenvalue weighted by Crippen LogP contribution is -2.24. The lowest BCUT2D eigenvalue weighted by atomic mass is 10.1. The normalized spacial score (nSPS) is 10.5. The quantitative estimate of drug-likeness (QED) is 0.410. The highest BCUT2D eigenvalue weighted by atomic mass is 32.1. The van der Waals surface area contributed by atoms with Crippen LogP contribution in [0.15, 0.2) is 90.3 Å². The van der Waals surface area contributed by atoms with E-state index in [-0.39, 0.29) is 5.91 Å². The molecule has 4 rings (SSSR count). The molecule has 3 aromatic carbocycles. The van der Waals surface area contributed by atoms with Crippen molar-refractivity contribution >= 4 is 17.2 Å². The van der Waals surface area contributed by atoms with E-state index in [1.165, 1.54) is 0 Å². The highest BCUT2D eigenvalue weighted by Crippen LogP contribution is 2.28. The lowest BCUT2D eigenvalue weighted by molar-refractivity contribution is -0.121. The van der Waals surface area contributed by atoms with E-state index in [4.69, 9.17) is 9.72 Å². The molecule has 0 spiro atoms. The van der Waals surface area contributed by atoms with E-state index >= 15 is 0 Å². The summed E-state index contributed by atoms with van der Waals surface area (Å²) in [7, 11) is 0. The molecule has 1 N–H and O–H groups in total. The van der Waals surface area contributed by atoms with Crippen LogP contribution in [0.5, 0.6) is 5.75 Å². The fourth-order valence-electron chi connectivity index (χ4n) is 2.98. The smallest absolute Gasteiger partial charge is 0.223 e. The third-order valence-corrected chi connectivity index (χ3v) is 5.50. The zero-order valence-electron chi connectivity index (χ0n) is 16.5. The molecule has 1 heterocycles. The Labute approximate surface area is 180 Å². The molecule has 1 amide bonds. The molecule has 0 unspecified atom stereocenters. The third-order valence-electron chi connectivity index (χ3n) is 4.61. The summed E-state index contributed by atoms with van der Waals surface area (Å²) < 4.78 is 5.56. The fraction of sp³-hybridized carbons (Fsp3) is 0.120. The second kappa shape index (κ2) is 9.85. The first kappa shape index (κ1) is 19.9. The maximum Gasteiger partial charge on any atom is 0.223 e. The van der Waals surface area contributed by atoms with E-state index in [1.807, 2.05) is 72.8 Å². The summed E-state index contributed by atoms with van der Waals surface area (Å²) >= 11 is 1.63. The van der Waals surface area contributed by atoms with Crippen molar-refractivity contribution in [3.8, 4) is 27.6 Å². The van der Waals surface area contributed by atoms with Crippen LogP contribution in [0.1, 0.15) is 12.0 Å². The Hall–Kier alpha value is -3.44. The molecular formula is C25H22N2O2S. The van der Waals surface area contributed by atoms with E-state index in [0.29, 0.717) is 19.6 Å². The Morgan fingerprint density at radius 2 is 1.57 bits per heavy atom. The van der Waals surface area contributed by atoms with Crippen molar-refractivity contribution in [1.29, 1.82) is 0 Å². The van der Waals surface area contributed by atoms with Crippen LogP contribution in [0.4, 0.5) is 0 Å². The summed E-state index contributed by atoms with van der Waals surface area (Å²) in [6.45, 7) is 0.861. The number of hydrogen-bond acceptors (Lipinski definition) is 4. The summed E-state index contributed by atoms with van der Waals surface area (Å²) in [5.41, 5.74) is 4.24. The zero-order valence-corrected chi connectivity index (χ0v) is 17.3. The molecule has 5 heteroatoms. The molecule has 4 nitrogen and oxygen atoms in total. The molecule has 1 aromatic heterocycles. The van der Waals surface area contributed by atoms with Gasteiger partial charge in [-0.2, -0.15) is 0 Å². The van der Waals surface area contributed by atoms with Crippen LogP contribution in [0, 0.1) is 0 Å². The minimum absolute atomic E-state index is 0.0255. The molecule has 0 aliphatic rings. The Morgan fingerprint density at radius 3 is 2.30 bits per heavy atom. The maximum atomic E-state index is 12.0. The summed E-state index contributed by atoms with van der Waals surface area (Å²) in [6.07, 6.45) is 0.328. The monoisotopic (exact) mass is 414 g/mol. The average molecular weight is 415 g/mol. The number of nitrogens with one attached hydrogen (secondary N) is 1. The van der Waals surface area contributed by atoms with Gasteiger partial charge >= 0.3 is 0 Å². The maximum absolute atomic E-state index is 12.0. The highest BCUT2D eigenvalue weighted by molar-refractivity contribution is 7.13. The van der Waals surface area contributed by atoms with Gasteiger partial charge in [0.15, 0.2) is 0 Å². The highest BCUT2D eigenvalue weighted by Gasteiger charge is 2.07. The number of benzene rings is 3. The van der Waals surface area contributed by atoms with Crippen molar-refractivity contribution < 1.29 is 9.53 Å². The van der Waals surface area contributed by atoms with Crippen molar-refractivity contribution in [2.24, 2.45) is 0 Å². The number of para-hydroxylation sites is 1. The molecule has 0 radical (unpaired) electrons. The molecule has 150 valence electrons. The summed E-state index contributed by atoms with van der Waals surface area (Å²) in [5.74, 6) is 0.751. The third kappa shape index (κ3) is 5.33. The fourth-order valence-corrected chi connectivity index (χ4v) is 3.82. The van der Waals surface area contributed by atoms with Gasteiger partial charge in [-0.1, -0.05) is 72.8 Å². The Balaban J connectivity index is 1.27. The Morgan fingerprint density at radius 1 is 0.867 bits per heavy atom. The molecule has 0 fully saturated rings. The van der Waals surface area contributed by atoms with E-state index < -0.39 is 0 Å². The zero-order chi connectivity index (χ0) is 20.6. The number of carbonyl (C=O) groups excluding carboxylic acids is 1. The molecule has 0 saturated carbocycles. The van der Waals surface area contributed by atoms with Crippen molar-refractivity contribution in [2.75, 3.05) is 6.61 Å². The number of carbonyl (C=O) groups is 1. The van der Waals surface area contributed by atoms with E-state index in [0.717, 1.165) is 33.1 Å². The largest absolute Gasteiger partial charge is 0.493 e. The van der Waals surface area contributed by atoms with Crippen LogP contribution in [-0.2, 0) is 11.3 Å². The first-order chi connectivity index (χ1) is 14.8. The van der Waals surface area contributed by atoms with Crippen LogP contribution in [0.3, 0.4) is 0 Å². The molecule has 0 bridgehead atoms. The number of hydrogen-bond donors (Lipinski definition) is 1. The molecule has 0 atom stereocenters. The molecule has 4 aromatic rings. The van der Waals surface area contributed by atoms with Crippen molar-refractivity contribution in [3.63, 3.8) is 0 Å². The van der Waals surface area contributed by atoms with Crippen LogP contribution in [-0.4, -0.2) is 17.5 Å². The molecule has 0 saturated heterocycles. The van der Waals surface area contributed by atoms with Crippen molar-refractivity contribution in [1.82, 2.24) is 10.3 Å². The van der Waals surface area contributed by atoms with Crippen molar-refractivity contribution in [2.45, 2.75) is 13.0 Å². The number of aromatic nitrogens is 1. The first-order valence-electron chi connectivity index (χ1n) is 9.83. The van der Waals surface area contributed by atoms with E-state index in [1.54, 1.807) is 11.3 Å². The van der Waals surface area contributed by atoms with Gasteiger partial charge in [-0.05, 0) is 17.7 Å². The number of nitrogens with zero attached hydrogens (tertiary/aromatic N) is 1. The van der Waals surface area contributed by atoms with Gasteiger partial charge in [0.1, 0.15) is 10.8 Å². The average Bonchev–Trinajstić information content (AvgIpc) is 3.30. The van der Waals surface area contributed by atoms with Gasteiger partial charge < -0.3 is 10.1 Å². The van der Waals surface area contributed by atoms with Gasteiger partial charge in [-0.15, -0.1) is 11.3 Å². The SMILES string of the molecule is O=C(CCOc1ccccc1)NCc1ccc(-c2nc(-c3ccccc3)cs2)cc1.